The third-order valence-electron chi connectivity index (χ3n) is 2.77. The van der Waals surface area contributed by atoms with Crippen LogP contribution in [0.1, 0.15) is 11.4 Å². The predicted molar refractivity (Wildman–Crippen MR) is 72.7 cm³/mol. The summed E-state index contributed by atoms with van der Waals surface area (Å²) >= 11 is 1.50. The molecule has 0 bridgehead atoms. The molecule has 3 rings (SSSR count). The molecule has 2 heterocycles. The minimum atomic E-state index is 0.399. The van der Waals surface area contributed by atoms with Crippen LogP contribution in [0.2, 0.25) is 0 Å². The number of aromatic nitrogens is 4. The molecule has 0 spiro atoms. The van der Waals surface area contributed by atoms with Gasteiger partial charge in [0.25, 0.3) is 0 Å². The SMILES string of the molecule is COCc1nnc2sc(-c3ccc(CN)cc3)nn12. The molecule has 0 fully saturated rings. The van der Waals surface area contributed by atoms with Gasteiger partial charge in [0.05, 0.1) is 0 Å². The van der Waals surface area contributed by atoms with E-state index < -0.39 is 0 Å². The van der Waals surface area contributed by atoms with E-state index in [9.17, 15) is 0 Å². The van der Waals surface area contributed by atoms with E-state index in [2.05, 4.69) is 15.3 Å². The average Bonchev–Trinajstić information content (AvgIpc) is 3.01. The largest absolute Gasteiger partial charge is 0.377 e. The van der Waals surface area contributed by atoms with Crippen LogP contribution in [-0.2, 0) is 17.9 Å². The van der Waals surface area contributed by atoms with E-state index in [0.29, 0.717) is 19.0 Å². The fraction of sp³-hybridized carbons (Fsp3) is 0.250. The van der Waals surface area contributed by atoms with Gasteiger partial charge >= 0.3 is 0 Å². The molecule has 0 aliphatic rings. The Bertz CT molecular complexity index is 688. The number of nitrogens with two attached hydrogens (primary N) is 1. The molecule has 6 nitrogen and oxygen atoms in total. The lowest BCUT2D eigenvalue weighted by atomic mass is 10.1. The number of rotatable bonds is 4. The maximum atomic E-state index is 5.59. The molecule has 2 N–H and O–H groups in total. The van der Waals surface area contributed by atoms with E-state index in [1.54, 1.807) is 11.6 Å². The predicted octanol–water partition coefficient (Wildman–Crippen LogP) is 1.46. The molecule has 0 unspecified atom stereocenters. The summed E-state index contributed by atoms with van der Waals surface area (Å²) in [5, 5.41) is 13.5. The maximum Gasteiger partial charge on any atom is 0.235 e. The van der Waals surface area contributed by atoms with Crippen molar-refractivity contribution in [3.05, 3.63) is 35.7 Å². The van der Waals surface area contributed by atoms with Crippen molar-refractivity contribution < 1.29 is 4.74 Å². The molecule has 0 atom stereocenters. The Hall–Kier alpha value is -1.83. The molecule has 0 saturated carbocycles. The Labute approximate surface area is 113 Å². The van der Waals surface area contributed by atoms with E-state index >= 15 is 0 Å². The summed E-state index contributed by atoms with van der Waals surface area (Å²) in [7, 11) is 1.62. The lowest BCUT2D eigenvalue weighted by Crippen LogP contribution is -1.97. The Balaban J connectivity index is 1.99. The smallest absolute Gasteiger partial charge is 0.235 e. The van der Waals surface area contributed by atoms with Crippen molar-refractivity contribution in [2.45, 2.75) is 13.2 Å². The molecule has 0 amide bonds. The van der Waals surface area contributed by atoms with Crippen molar-refractivity contribution in [2.75, 3.05) is 7.11 Å². The first-order valence-electron chi connectivity index (χ1n) is 5.81. The summed E-state index contributed by atoms with van der Waals surface area (Å²) in [5.41, 5.74) is 7.74. The minimum absolute atomic E-state index is 0.399. The number of fused-ring (bicyclic) bond motifs is 1. The van der Waals surface area contributed by atoms with E-state index in [1.165, 1.54) is 11.3 Å². The molecule has 0 aliphatic carbocycles. The zero-order valence-electron chi connectivity index (χ0n) is 10.4. The molecular weight excluding hydrogens is 262 g/mol. The summed E-state index contributed by atoms with van der Waals surface area (Å²) in [4.78, 5) is 0.768. The minimum Gasteiger partial charge on any atom is -0.377 e. The Morgan fingerprint density at radius 1 is 1.26 bits per heavy atom. The highest BCUT2D eigenvalue weighted by molar-refractivity contribution is 7.19. The normalized spacial score (nSPS) is 11.3. The van der Waals surface area contributed by atoms with Crippen LogP contribution in [-0.4, -0.2) is 26.9 Å². The third kappa shape index (κ3) is 2.23. The Morgan fingerprint density at radius 3 is 2.74 bits per heavy atom. The molecule has 0 radical (unpaired) electrons. The van der Waals surface area contributed by atoms with E-state index in [-0.39, 0.29) is 0 Å². The summed E-state index contributed by atoms with van der Waals surface area (Å²) in [6, 6.07) is 8.05. The molecule has 1 aromatic carbocycles. The summed E-state index contributed by atoms with van der Waals surface area (Å²) in [5.74, 6) is 0.707. The lowest BCUT2D eigenvalue weighted by Gasteiger charge is -1.98. The van der Waals surface area contributed by atoms with Crippen molar-refractivity contribution >= 4 is 16.3 Å². The lowest BCUT2D eigenvalue weighted by molar-refractivity contribution is 0.176. The molecule has 0 aliphatic heterocycles. The van der Waals surface area contributed by atoms with Gasteiger partial charge in [0.1, 0.15) is 11.6 Å². The number of ether oxygens (including phenoxy) is 1. The zero-order valence-corrected chi connectivity index (χ0v) is 11.2. The highest BCUT2D eigenvalue weighted by atomic mass is 32.1. The van der Waals surface area contributed by atoms with Crippen molar-refractivity contribution in [1.29, 1.82) is 0 Å². The van der Waals surface area contributed by atoms with E-state index in [4.69, 9.17) is 10.5 Å². The van der Waals surface area contributed by atoms with Crippen molar-refractivity contribution in [3.63, 3.8) is 0 Å². The zero-order chi connectivity index (χ0) is 13.2. The summed E-state index contributed by atoms with van der Waals surface area (Å²) < 4.78 is 6.79. The van der Waals surface area contributed by atoms with Gasteiger partial charge < -0.3 is 10.5 Å². The van der Waals surface area contributed by atoms with Crippen LogP contribution in [0.15, 0.2) is 24.3 Å². The number of benzene rings is 1. The highest BCUT2D eigenvalue weighted by Crippen LogP contribution is 2.25. The van der Waals surface area contributed by atoms with Gasteiger partial charge in [-0.15, -0.1) is 10.2 Å². The quantitative estimate of drug-likeness (QED) is 0.780. The average molecular weight is 275 g/mol. The number of hydrogen-bond donors (Lipinski definition) is 1. The molecular formula is C12H13N5OS. The summed E-state index contributed by atoms with van der Waals surface area (Å²) in [6.45, 7) is 0.944. The molecule has 3 aromatic rings. The standard InChI is InChI=1S/C12H13N5OS/c1-18-7-10-14-15-12-17(10)16-11(19-12)9-4-2-8(6-13)3-5-9/h2-5H,6-7,13H2,1H3. The Morgan fingerprint density at radius 2 is 2.05 bits per heavy atom. The second-order valence-corrected chi connectivity index (χ2v) is 5.01. The number of hydrogen-bond acceptors (Lipinski definition) is 6. The van der Waals surface area contributed by atoms with Crippen LogP contribution in [0, 0.1) is 0 Å². The summed E-state index contributed by atoms with van der Waals surface area (Å²) in [6.07, 6.45) is 0. The molecule has 7 heteroatoms. The number of methoxy groups -OCH3 is 1. The van der Waals surface area contributed by atoms with Crippen LogP contribution >= 0.6 is 11.3 Å². The highest BCUT2D eigenvalue weighted by Gasteiger charge is 2.12. The second kappa shape index (κ2) is 5.04. The van der Waals surface area contributed by atoms with Gasteiger partial charge in [-0.1, -0.05) is 35.6 Å². The fourth-order valence-corrected chi connectivity index (χ4v) is 2.64. The van der Waals surface area contributed by atoms with Crippen molar-refractivity contribution in [3.8, 4) is 10.6 Å². The van der Waals surface area contributed by atoms with Gasteiger partial charge in [-0.2, -0.15) is 9.61 Å². The van der Waals surface area contributed by atoms with Crippen molar-refractivity contribution in [1.82, 2.24) is 19.8 Å². The first kappa shape index (κ1) is 12.2. The van der Waals surface area contributed by atoms with Gasteiger partial charge in [0.2, 0.25) is 4.96 Å². The van der Waals surface area contributed by atoms with Crippen LogP contribution in [0.4, 0.5) is 0 Å². The van der Waals surface area contributed by atoms with Crippen LogP contribution in [0.25, 0.3) is 15.5 Å². The van der Waals surface area contributed by atoms with Gasteiger partial charge in [0.15, 0.2) is 5.82 Å². The van der Waals surface area contributed by atoms with Gasteiger partial charge in [-0.25, -0.2) is 0 Å². The molecule has 2 aromatic heterocycles. The number of nitrogens with zero attached hydrogens (tertiary/aromatic N) is 4. The fourth-order valence-electron chi connectivity index (χ4n) is 1.78. The van der Waals surface area contributed by atoms with E-state index in [1.807, 2.05) is 24.3 Å². The monoisotopic (exact) mass is 275 g/mol. The van der Waals surface area contributed by atoms with E-state index in [0.717, 1.165) is 21.1 Å². The first-order chi connectivity index (χ1) is 9.31. The van der Waals surface area contributed by atoms with Crippen LogP contribution in [0.3, 0.4) is 0 Å². The second-order valence-electron chi connectivity index (χ2n) is 4.05. The van der Waals surface area contributed by atoms with Crippen molar-refractivity contribution in [2.24, 2.45) is 5.73 Å². The van der Waals surface area contributed by atoms with Gasteiger partial charge in [0, 0.05) is 19.2 Å². The van der Waals surface area contributed by atoms with Crippen LogP contribution in [0.5, 0.6) is 0 Å². The molecule has 0 saturated heterocycles. The first-order valence-corrected chi connectivity index (χ1v) is 6.63. The maximum absolute atomic E-state index is 5.59. The van der Waals surface area contributed by atoms with Gasteiger partial charge in [-0.3, -0.25) is 0 Å². The van der Waals surface area contributed by atoms with Gasteiger partial charge in [-0.05, 0) is 5.56 Å². The van der Waals surface area contributed by atoms with Crippen LogP contribution < -0.4 is 5.73 Å². The molecule has 98 valence electrons. The Kier molecular flexibility index (Phi) is 3.24. The third-order valence-corrected chi connectivity index (χ3v) is 3.71. The molecule has 19 heavy (non-hydrogen) atoms. The topological polar surface area (TPSA) is 78.3 Å².